The summed E-state index contributed by atoms with van der Waals surface area (Å²) in [6, 6.07) is 66.1. The van der Waals surface area contributed by atoms with Crippen molar-refractivity contribution in [3.8, 4) is 33.4 Å². The second-order valence-electron chi connectivity index (χ2n) is 15.1. The standard InChI is InChI=1S/C55H47N/c1-3-55(4-2)53-35-41(29-33-51(53)52-34-32-50(39-54(52)55)56(48-21-13-7-14-22-48)49-23-15-8-16-24-49)26-25-40-27-30-44(31-28-40)47-37-45(42-17-9-5-10-18-42)36-46(38-47)43-19-11-6-12-20-43/h5-28,30-32,34-39H,3-4,29,33H2,1-2H3/b26-25+. The Bertz CT molecular complexity index is 2460. The quantitative estimate of drug-likeness (QED) is 0.136. The average Bonchev–Trinajstić information content (AvgIpc) is 3.55. The summed E-state index contributed by atoms with van der Waals surface area (Å²) in [5, 5.41) is 0. The van der Waals surface area contributed by atoms with Crippen molar-refractivity contribution in [2.45, 2.75) is 44.9 Å². The zero-order chi connectivity index (χ0) is 37.9. The van der Waals surface area contributed by atoms with E-state index in [2.05, 4.69) is 219 Å². The molecule has 0 heterocycles. The second kappa shape index (κ2) is 15.4. The van der Waals surface area contributed by atoms with Crippen LogP contribution >= 0.6 is 0 Å². The van der Waals surface area contributed by atoms with E-state index in [1.165, 1.54) is 83.9 Å². The first kappa shape index (κ1) is 35.3. The van der Waals surface area contributed by atoms with Crippen molar-refractivity contribution in [2.24, 2.45) is 0 Å². The fourth-order valence-corrected chi connectivity index (χ4v) is 9.05. The van der Waals surface area contributed by atoms with Crippen LogP contribution in [-0.2, 0) is 5.41 Å². The Morgan fingerprint density at radius 2 is 0.964 bits per heavy atom. The molecule has 1 heteroatoms. The summed E-state index contributed by atoms with van der Waals surface area (Å²) in [5.74, 6) is 0. The molecule has 56 heavy (non-hydrogen) atoms. The van der Waals surface area contributed by atoms with E-state index in [9.17, 15) is 0 Å². The van der Waals surface area contributed by atoms with Crippen LogP contribution < -0.4 is 4.90 Å². The van der Waals surface area contributed by atoms with Gasteiger partial charge in [0.2, 0.25) is 0 Å². The zero-order valence-electron chi connectivity index (χ0n) is 32.3. The van der Waals surface area contributed by atoms with Gasteiger partial charge >= 0.3 is 0 Å². The maximum Gasteiger partial charge on any atom is 0.0465 e. The van der Waals surface area contributed by atoms with Crippen molar-refractivity contribution < 1.29 is 0 Å². The molecule has 7 aromatic rings. The van der Waals surface area contributed by atoms with Gasteiger partial charge < -0.3 is 4.90 Å². The fraction of sp³-hybridized carbons (Fsp3) is 0.127. The van der Waals surface area contributed by atoms with E-state index in [1.807, 2.05) is 0 Å². The van der Waals surface area contributed by atoms with Gasteiger partial charge in [0.05, 0.1) is 0 Å². The minimum absolute atomic E-state index is 0.00618. The number of allylic oxidation sites excluding steroid dienone is 5. The third-order valence-electron chi connectivity index (χ3n) is 12.1. The van der Waals surface area contributed by atoms with Crippen LogP contribution in [0, 0.1) is 0 Å². The normalized spacial score (nSPS) is 14.4. The average molecular weight is 722 g/mol. The van der Waals surface area contributed by atoms with Crippen LogP contribution in [-0.4, -0.2) is 0 Å². The van der Waals surface area contributed by atoms with Crippen LogP contribution in [0.4, 0.5) is 17.1 Å². The Balaban J connectivity index is 1.00. The second-order valence-corrected chi connectivity index (χ2v) is 15.1. The summed E-state index contributed by atoms with van der Waals surface area (Å²) < 4.78 is 0. The Morgan fingerprint density at radius 1 is 0.464 bits per heavy atom. The van der Waals surface area contributed by atoms with Gasteiger partial charge in [0.15, 0.2) is 0 Å². The van der Waals surface area contributed by atoms with E-state index in [-0.39, 0.29) is 5.41 Å². The SMILES string of the molecule is CCC1(CC)C2=C(CCC(/C=C/c3ccc(-c4cc(-c5ccccc5)cc(-c5ccccc5)c4)cc3)=C2)c2ccc(N(c3ccccc3)c3ccccc3)cc21. The van der Waals surface area contributed by atoms with E-state index in [0.29, 0.717) is 0 Å². The van der Waals surface area contributed by atoms with Crippen LogP contribution in [0.1, 0.15) is 56.2 Å². The fourth-order valence-electron chi connectivity index (χ4n) is 9.05. The van der Waals surface area contributed by atoms with E-state index in [1.54, 1.807) is 0 Å². The zero-order valence-corrected chi connectivity index (χ0v) is 32.3. The van der Waals surface area contributed by atoms with Crippen LogP contribution in [0.25, 0.3) is 45.0 Å². The minimum Gasteiger partial charge on any atom is -0.310 e. The number of benzene rings is 7. The molecule has 0 N–H and O–H groups in total. The Hall–Kier alpha value is -6.44. The van der Waals surface area contributed by atoms with Gasteiger partial charge in [-0.05, 0) is 147 Å². The molecule has 0 unspecified atom stereocenters. The van der Waals surface area contributed by atoms with Crippen molar-refractivity contribution in [2.75, 3.05) is 4.90 Å². The van der Waals surface area contributed by atoms with Crippen molar-refractivity contribution in [1.29, 1.82) is 0 Å². The minimum atomic E-state index is -0.00618. The summed E-state index contributed by atoms with van der Waals surface area (Å²) in [6.07, 6.45) is 11.5. The van der Waals surface area contributed by atoms with Gasteiger partial charge in [0, 0.05) is 22.5 Å². The number of nitrogens with zero attached hydrogens (tertiary/aromatic N) is 1. The maximum atomic E-state index is 2.53. The van der Waals surface area contributed by atoms with Gasteiger partial charge in [-0.2, -0.15) is 0 Å². The number of anilines is 3. The lowest BCUT2D eigenvalue weighted by Crippen LogP contribution is -2.25. The molecule has 1 nitrogen and oxygen atoms in total. The van der Waals surface area contributed by atoms with Crippen LogP contribution in [0.15, 0.2) is 205 Å². The maximum absolute atomic E-state index is 2.53. The Labute approximate surface area is 332 Å². The summed E-state index contributed by atoms with van der Waals surface area (Å²) in [5.41, 5.74) is 19.5. The van der Waals surface area contributed by atoms with E-state index < -0.39 is 0 Å². The lowest BCUT2D eigenvalue weighted by atomic mass is 9.71. The van der Waals surface area contributed by atoms with Gasteiger partial charge in [0.1, 0.15) is 0 Å². The third kappa shape index (κ3) is 6.65. The van der Waals surface area contributed by atoms with Crippen LogP contribution in [0.3, 0.4) is 0 Å². The highest BCUT2D eigenvalue weighted by Crippen LogP contribution is 2.56. The summed E-state index contributed by atoms with van der Waals surface area (Å²) in [7, 11) is 0. The first-order valence-corrected chi connectivity index (χ1v) is 20.2. The van der Waals surface area contributed by atoms with Gasteiger partial charge in [-0.3, -0.25) is 0 Å². The highest BCUT2D eigenvalue weighted by atomic mass is 15.1. The third-order valence-corrected chi connectivity index (χ3v) is 12.1. The lowest BCUT2D eigenvalue weighted by molar-refractivity contribution is 0.485. The van der Waals surface area contributed by atoms with Crippen molar-refractivity contribution in [1.82, 2.24) is 0 Å². The predicted molar refractivity (Wildman–Crippen MR) is 239 cm³/mol. The van der Waals surface area contributed by atoms with Crippen molar-refractivity contribution in [3.63, 3.8) is 0 Å². The molecule has 272 valence electrons. The van der Waals surface area contributed by atoms with Crippen LogP contribution in [0.5, 0.6) is 0 Å². The molecule has 9 rings (SSSR count). The molecule has 7 aromatic carbocycles. The monoisotopic (exact) mass is 721 g/mol. The lowest BCUT2D eigenvalue weighted by Gasteiger charge is -2.33. The molecule has 0 saturated heterocycles. The van der Waals surface area contributed by atoms with E-state index >= 15 is 0 Å². The van der Waals surface area contributed by atoms with Crippen LogP contribution in [0.2, 0.25) is 0 Å². The molecule has 0 fully saturated rings. The summed E-state index contributed by atoms with van der Waals surface area (Å²) in [4.78, 5) is 2.39. The number of hydrogen-bond acceptors (Lipinski definition) is 1. The van der Waals surface area contributed by atoms with Crippen molar-refractivity contribution >= 4 is 28.7 Å². The van der Waals surface area contributed by atoms with E-state index in [4.69, 9.17) is 0 Å². The molecule has 0 amide bonds. The van der Waals surface area contributed by atoms with Crippen molar-refractivity contribution in [3.05, 3.63) is 222 Å². The molecular formula is C55H47N. The Morgan fingerprint density at radius 3 is 1.48 bits per heavy atom. The summed E-state index contributed by atoms with van der Waals surface area (Å²) in [6.45, 7) is 4.75. The number of rotatable bonds is 10. The van der Waals surface area contributed by atoms with Gasteiger partial charge in [-0.1, -0.05) is 159 Å². The van der Waals surface area contributed by atoms with Gasteiger partial charge in [-0.15, -0.1) is 0 Å². The molecule has 0 saturated carbocycles. The first-order chi connectivity index (χ1) is 27.6. The number of para-hydroxylation sites is 2. The molecule has 2 aliphatic carbocycles. The predicted octanol–water partition coefficient (Wildman–Crippen LogP) is 15.4. The highest BCUT2D eigenvalue weighted by molar-refractivity contribution is 5.88. The largest absolute Gasteiger partial charge is 0.310 e. The molecule has 0 aliphatic heterocycles. The molecule has 0 radical (unpaired) electrons. The molecule has 0 aromatic heterocycles. The highest BCUT2D eigenvalue weighted by Gasteiger charge is 2.42. The number of hydrogen-bond donors (Lipinski definition) is 0. The van der Waals surface area contributed by atoms with E-state index in [0.717, 1.165) is 25.7 Å². The molecule has 2 aliphatic rings. The van der Waals surface area contributed by atoms with Gasteiger partial charge in [0.25, 0.3) is 0 Å². The smallest absolute Gasteiger partial charge is 0.0465 e. The first-order valence-electron chi connectivity index (χ1n) is 20.2. The molecule has 0 atom stereocenters. The topological polar surface area (TPSA) is 3.24 Å². The van der Waals surface area contributed by atoms with Gasteiger partial charge in [-0.25, -0.2) is 0 Å². The molecule has 0 spiro atoms. The summed E-state index contributed by atoms with van der Waals surface area (Å²) >= 11 is 0. The Kier molecular flexibility index (Phi) is 9.68. The molecular weight excluding hydrogens is 675 g/mol. The number of fused-ring (bicyclic) bond motifs is 2. The molecule has 0 bridgehead atoms.